The first-order chi connectivity index (χ1) is 27.1. The molecule has 0 saturated heterocycles. The van der Waals surface area contributed by atoms with E-state index in [-0.39, 0.29) is 29.2 Å². The van der Waals surface area contributed by atoms with E-state index < -0.39 is 14.5 Å². The topological polar surface area (TPSA) is 0 Å². The summed E-state index contributed by atoms with van der Waals surface area (Å²) in [6.45, 7) is 0. The Morgan fingerprint density at radius 1 is 0.446 bits per heavy atom. The van der Waals surface area contributed by atoms with Gasteiger partial charge in [0.25, 0.3) is 4.36 Å². The molecule has 310 valence electrons. The Morgan fingerprint density at radius 2 is 0.750 bits per heavy atom. The molecule has 0 heterocycles. The van der Waals surface area contributed by atoms with Gasteiger partial charge >= 0.3 is 0 Å². The normalized spacial score (nSPS) is 27.1. The SMILES string of the molecule is ClC=CC(Cl)([P+](C1CCCCC1)(C1CCCCC1)C1CCCCC1)[P+](C1CCCCC1)(C1CCCCC1)C1CCCC(c2ccccc2)(c2ccccc2)C1.[Ru]. The van der Waals surface area contributed by atoms with E-state index in [2.05, 4.69) is 72.3 Å². The summed E-state index contributed by atoms with van der Waals surface area (Å²) in [6.07, 6.45) is 44.1. The van der Waals surface area contributed by atoms with Crippen LogP contribution >= 0.6 is 37.7 Å². The summed E-state index contributed by atoms with van der Waals surface area (Å²) in [5.41, 5.74) is 10.1. The van der Waals surface area contributed by atoms with Crippen molar-refractivity contribution < 1.29 is 19.5 Å². The fraction of sp³-hybridized carbons (Fsp3) is 0.725. The molecule has 6 fully saturated rings. The molecule has 0 spiro atoms. The minimum atomic E-state index is -1.96. The van der Waals surface area contributed by atoms with Crippen molar-refractivity contribution in [3.63, 3.8) is 0 Å². The molecular weight excluding hydrogens is 846 g/mol. The average Bonchev–Trinajstić information content (AvgIpc) is 3.27. The summed E-state index contributed by atoms with van der Waals surface area (Å²) in [7, 11) is -3.78. The van der Waals surface area contributed by atoms with Gasteiger partial charge in [0.2, 0.25) is 0 Å². The fourth-order valence-electron chi connectivity index (χ4n) is 15.3. The Bertz CT molecular complexity index is 1380. The first-order valence-electron chi connectivity index (χ1n) is 24.0. The molecule has 6 aliphatic rings. The number of allylic oxidation sites excluding steroid dienone is 1. The van der Waals surface area contributed by atoms with Crippen LogP contribution in [0.1, 0.15) is 197 Å². The smallest absolute Gasteiger partial charge is 0.0929 e. The molecule has 56 heavy (non-hydrogen) atoms. The van der Waals surface area contributed by atoms with E-state index in [0.29, 0.717) is 5.66 Å². The minimum Gasteiger partial charge on any atom is -0.0929 e. The van der Waals surface area contributed by atoms with Crippen molar-refractivity contribution in [1.29, 1.82) is 0 Å². The van der Waals surface area contributed by atoms with Crippen molar-refractivity contribution in [2.45, 2.75) is 230 Å². The zero-order valence-electron chi connectivity index (χ0n) is 34.9. The van der Waals surface area contributed by atoms with Gasteiger partial charge in [-0.3, -0.25) is 0 Å². The largest absolute Gasteiger partial charge is 0.269 e. The van der Waals surface area contributed by atoms with Gasteiger partial charge in [-0.1, -0.05) is 104 Å². The number of halogens is 2. The molecule has 0 amide bonds. The molecule has 2 aromatic rings. The van der Waals surface area contributed by atoms with E-state index in [1.54, 1.807) is 11.1 Å². The second kappa shape index (κ2) is 20.4. The monoisotopic (exact) mass is 922 g/mol. The van der Waals surface area contributed by atoms with E-state index in [4.69, 9.17) is 11.6 Å². The summed E-state index contributed by atoms with van der Waals surface area (Å²) >= 11 is 17.1. The summed E-state index contributed by atoms with van der Waals surface area (Å²) in [5.74, 6) is 0. The predicted octanol–water partition coefficient (Wildman–Crippen LogP) is 17.3. The van der Waals surface area contributed by atoms with Gasteiger partial charge in [0.15, 0.2) is 0 Å². The van der Waals surface area contributed by atoms with Crippen LogP contribution in [0.25, 0.3) is 0 Å². The standard InChI is InChI=1S/C51H76Cl2P2.Ru/c52-40-39-51(53,54(44-27-12-3-13-28-44,45-29-14-4-15-30-45)46-31-16-5-17-32-46)55(47-33-18-6-19-34-47,48-35-20-7-21-36-48)49-37-22-38-50(41-49,42-23-8-1-9-24-42)43-25-10-2-11-26-43;/h1-2,8-11,23-26,39-40,44-49H,3-7,12-22,27-38,41H2;/q+2;. The van der Waals surface area contributed by atoms with Crippen LogP contribution in [0, 0.1) is 0 Å². The number of alkyl halides is 1. The van der Waals surface area contributed by atoms with Crippen LogP contribution in [0.4, 0.5) is 0 Å². The molecular formula is C51H76Cl2P2Ru+2. The molecule has 0 bridgehead atoms. The second-order valence-electron chi connectivity index (χ2n) is 19.6. The zero-order chi connectivity index (χ0) is 37.6. The van der Waals surface area contributed by atoms with Crippen molar-refractivity contribution in [3.05, 3.63) is 83.4 Å². The maximum Gasteiger partial charge on any atom is 0.269 e. The van der Waals surface area contributed by atoms with Gasteiger partial charge in [0.05, 0.1) is 48.5 Å². The van der Waals surface area contributed by atoms with E-state index in [1.807, 2.05) is 0 Å². The van der Waals surface area contributed by atoms with Gasteiger partial charge in [-0.25, -0.2) is 0 Å². The zero-order valence-corrected chi connectivity index (χ0v) is 39.9. The Balaban J connectivity index is 0.00000480. The Labute approximate surface area is 368 Å². The van der Waals surface area contributed by atoms with Crippen molar-refractivity contribution in [2.75, 3.05) is 0 Å². The molecule has 0 nitrogen and oxygen atoms in total. The molecule has 2 atom stereocenters. The quantitative estimate of drug-likeness (QED) is 0.120. The van der Waals surface area contributed by atoms with Gasteiger partial charge < -0.3 is 0 Å². The van der Waals surface area contributed by atoms with E-state index in [9.17, 15) is 11.6 Å². The molecule has 0 aromatic heterocycles. The minimum absolute atomic E-state index is 0. The molecule has 0 N–H and O–H groups in total. The van der Waals surface area contributed by atoms with Crippen LogP contribution in [-0.4, -0.2) is 38.3 Å². The first-order valence-corrected chi connectivity index (χ1v) is 28.8. The van der Waals surface area contributed by atoms with Crippen LogP contribution in [-0.2, 0) is 24.9 Å². The van der Waals surface area contributed by atoms with Crippen LogP contribution in [0.3, 0.4) is 0 Å². The third-order valence-electron chi connectivity index (χ3n) is 17.2. The van der Waals surface area contributed by atoms with E-state index in [0.717, 1.165) is 28.3 Å². The number of hydrogen-bond acceptors (Lipinski definition) is 0. The van der Waals surface area contributed by atoms with Gasteiger partial charge in [0, 0.05) is 36.5 Å². The molecule has 5 heteroatoms. The second-order valence-corrected chi connectivity index (χ2v) is 30.5. The van der Waals surface area contributed by atoms with Crippen LogP contribution in [0.15, 0.2) is 72.3 Å². The third kappa shape index (κ3) is 8.05. The number of hydrogen-bond donors (Lipinski definition) is 0. The molecule has 6 aliphatic carbocycles. The molecule has 2 unspecified atom stereocenters. The summed E-state index contributed by atoms with van der Waals surface area (Å²) < 4.78 is -0.237. The number of benzene rings is 2. The van der Waals surface area contributed by atoms with Gasteiger partial charge in [0.1, 0.15) is 0 Å². The third-order valence-corrected chi connectivity index (χ3v) is 34.1. The fourth-order valence-corrected chi connectivity index (χ4v) is 38.3. The van der Waals surface area contributed by atoms with Crippen molar-refractivity contribution in [1.82, 2.24) is 0 Å². The first kappa shape index (κ1) is 44.3. The number of rotatable bonds is 11. The van der Waals surface area contributed by atoms with Crippen LogP contribution < -0.4 is 0 Å². The van der Waals surface area contributed by atoms with Crippen molar-refractivity contribution in [3.8, 4) is 0 Å². The van der Waals surface area contributed by atoms with E-state index >= 15 is 0 Å². The average molecular weight is 923 g/mol. The van der Waals surface area contributed by atoms with Crippen LogP contribution in [0.2, 0.25) is 0 Å². The van der Waals surface area contributed by atoms with Crippen LogP contribution in [0.5, 0.6) is 0 Å². The van der Waals surface area contributed by atoms with Gasteiger partial charge in [-0.15, -0.1) is 0 Å². The summed E-state index contributed by atoms with van der Waals surface area (Å²) in [5, 5.41) is 0. The molecule has 0 aliphatic heterocycles. The van der Waals surface area contributed by atoms with Gasteiger partial charge in [-0.05, 0) is 177 Å². The summed E-state index contributed by atoms with van der Waals surface area (Å²) in [6, 6.07) is 23.9. The molecule has 6 saturated carbocycles. The van der Waals surface area contributed by atoms with Crippen molar-refractivity contribution >= 4 is 37.7 Å². The van der Waals surface area contributed by atoms with Gasteiger partial charge in [-0.2, -0.15) is 0 Å². The summed E-state index contributed by atoms with van der Waals surface area (Å²) in [4.78, 5) is 0. The maximum absolute atomic E-state index is 9.80. The molecule has 0 radical (unpaired) electrons. The predicted molar refractivity (Wildman–Crippen MR) is 248 cm³/mol. The van der Waals surface area contributed by atoms with Crippen molar-refractivity contribution in [2.24, 2.45) is 0 Å². The molecule has 2 aromatic carbocycles. The Kier molecular flexibility index (Phi) is 16.1. The Morgan fingerprint density at radius 3 is 1.07 bits per heavy atom. The molecule has 8 rings (SSSR count). The Hall–Kier alpha value is 0.243. The maximum atomic E-state index is 9.80. The van der Waals surface area contributed by atoms with E-state index in [1.165, 1.54) is 186 Å².